The Kier molecular flexibility index (Phi) is 4.83. The Balaban J connectivity index is 2.14. The van der Waals surface area contributed by atoms with E-state index >= 15 is 0 Å². The fraction of sp³-hybridized carbons (Fsp3) is 0.625. The van der Waals surface area contributed by atoms with E-state index in [-0.39, 0.29) is 0 Å². The highest BCUT2D eigenvalue weighted by molar-refractivity contribution is 5.25. The molecule has 0 aliphatic heterocycles. The van der Waals surface area contributed by atoms with E-state index in [1.54, 1.807) is 0 Å². The van der Waals surface area contributed by atoms with E-state index in [0.717, 1.165) is 24.5 Å². The first kappa shape index (κ1) is 15.8. The first-order chi connectivity index (χ1) is 9.88. The second kappa shape index (κ2) is 6.43. The molecule has 0 amide bonds. The third kappa shape index (κ3) is 3.73. The van der Waals surface area contributed by atoms with Crippen LogP contribution in [-0.4, -0.2) is 25.6 Å². The summed E-state index contributed by atoms with van der Waals surface area (Å²) in [5.74, 6) is 0. The zero-order valence-electron chi connectivity index (χ0n) is 14.0. The van der Waals surface area contributed by atoms with Crippen LogP contribution in [0.3, 0.4) is 0 Å². The fourth-order valence-corrected chi connectivity index (χ4v) is 2.35. The zero-order valence-corrected chi connectivity index (χ0v) is 14.0. The van der Waals surface area contributed by atoms with Gasteiger partial charge < -0.3 is 5.32 Å². The summed E-state index contributed by atoms with van der Waals surface area (Å²) in [6.45, 7) is 14.4. The number of aromatic nitrogens is 4. The Hall–Kier alpha value is -1.62. The van der Waals surface area contributed by atoms with Gasteiger partial charge >= 0.3 is 0 Å². The largest absolute Gasteiger partial charge is 0.310 e. The van der Waals surface area contributed by atoms with Crippen molar-refractivity contribution in [2.24, 2.45) is 0 Å². The van der Waals surface area contributed by atoms with Gasteiger partial charge in [0.15, 0.2) is 0 Å². The third-order valence-corrected chi connectivity index (χ3v) is 3.72. The molecule has 0 bridgehead atoms. The van der Waals surface area contributed by atoms with Gasteiger partial charge in [-0.2, -0.15) is 10.2 Å². The molecule has 0 fully saturated rings. The van der Waals surface area contributed by atoms with Crippen molar-refractivity contribution in [2.45, 2.75) is 66.7 Å². The van der Waals surface area contributed by atoms with Crippen LogP contribution in [0.1, 0.15) is 56.4 Å². The van der Waals surface area contributed by atoms with Crippen molar-refractivity contribution in [1.29, 1.82) is 0 Å². The van der Waals surface area contributed by atoms with E-state index in [2.05, 4.69) is 67.8 Å². The first-order valence-corrected chi connectivity index (χ1v) is 7.68. The number of nitrogens with one attached hydrogen (secondary N) is 1. The van der Waals surface area contributed by atoms with Crippen LogP contribution in [0.15, 0.2) is 12.3 Å². The SMILES string of the molecule is Cc1nn(Cc2ccn(C(C)C)n2)c(C)c1CNC(C)C. The smallest absolute Gasteiger partial charge is 0.0853 e. The number of hydrogen-bond donors (Lipinski definition) is 1. The molecule has 5 heteroatoms. The van der Waals surface area contributed by atoms with Crippen molar-refractivity contribution in [2.75, 3.05) is 0 Å². The van der Waals surface area contributed by atoms with Crippen LogP contribution in [0.5, 0.6) is 0 Å². The molecule has 1 N–H and O–H groups in total. The van der Waals surface area contributed by atoms with Crippen LogP contribution >= 0.6 is 0 Å². The van der Waals surface area contributed by atoms with Crippen LogP contribution in [0, 0.1) is 13.8 Å². The quantitative estimate of drug-likeness (QED) is 0.889. The molecule has 2 aromatic heterocycles. The van der Waals surface area contributed by atoms with E-state index in [1.807, 2.05) is 10.9 Å². The Morgan fingerprint density at radius 2 is 1.86 bits per heavy atom. The minimum atomic E-state index is 0.394. The Labute approximate surface area is 127 Å². The lowest BCUT2D eigenvalue weighted by Crippen LogP contribution is -2.22. The van der Waals surface area contributed by atoms with E-state index in [0.29, 0.717) is 12.1 Å². The molecule has 2 aromatic rings. The molecule has 5 nitrogen and oxygen atoms in total. The van der Waals surface area contributed by atoms with Gasteiger partial charge in [0.2, 0.25) is 0 Å². The lowest BCUT2D eigenvalue weighted by Gasteiger charge is -2.08. The van der Waals surface area contributed by atoms with E-state index in [1.165, 1.54) is 11.3 Å². The highest BCUT2D eigenvalue weighted by Gasteiger charge is 2.13. The van der Waals surface area contributed by atoms with Crippen LogP contribution in [0.4, 0.5) is 0 Å². The van der Waals surface area contributed by atoms with Crippen molar-refractivity contribution in [1.82, 2.24) is 24.9 Å². The highest BCUT2D eigenvalue weighted by Crippen LogP contribution is 2.15. The second-order valence-electron chi connectivity index (χ2n) is 6.22. The van der Waals surface area contributed by atoms with Crippen molar-refractivity contribution in [3.05, 3.63) is 34.9 Å². The molecular formula is C16H27N5. The molecule has 0 aliphatic carbocycles. The molecule has 0 atom stereocenters. The van der Waals surface area contributed by atoms with Crippen molar-refractivity contribution >= 4 is 0 Å². The van der Waals surface area contributed by atoms with Crippen LogP contribution < -0.4 is 5.32 Å². The van der Waals surface area contributed by atoms with Gasteiger partial charge in [-0.15, -0.1) is 0 Å². The summed E-state index contributed by atoms with van der Waals surface area (Å²) < 4.78 is 4.04. The van der Waals surface area contributed by atoms with Gasteiger partial charge in [-0.3, -0.25) is 9.36 Å². The maximum atomic E-state index is 4.66. The van der Waals surface area contributed by atoms with Crippen LogP contribution in [-0.2, 0) is 13.1 Å². The number of aryl methyl sites for hydroxylation is 1. The van der Waals surface area contributed by atoms with Gasteiger partial charge in [-0.05, 0) is 33.8 Å². The third-order valence-electron chi connectivity index (χ3n) is 3.72. The second-order valence-corrected chi connectivity index (χ2v) is 6.22. The van der Waals surface area contributed by atoms with Gasteiger partial charge in [0, 0.05) is 36.1 Å². The van der Waals surface area contributed by atoms with E-state index in [4.69, 9.17) is 0 Å². The summed E-state index contributed by atoms with van der Waals surface area (Å²) in [5.41, 5.74) is 4.67. The van der Waals surface area contributed by atoms with Gasteiger partial charge in [-0.25, -0.2) is 0 Å². The molecule has 0 aromatic carbocycles. The zero-order chi connectivity index (χ0) is 15.6. The van der Waals surface area contributed by atoms with Gasteiger partial charge in [0.25, 0.3) is 0 Å². The molecule has 0 saturated heterocycles. The maximum Gasteiger partial charge on any atom is 0.0853 e. The molecule has 0 saturated carbocycles. The summed E-state index contributed by atoms with van der Waals surface area (Å²) in [7, 11) is 0. The topological polar surface area (TPSA) is 47.7 Å². The average Bonchev–Trinajstić information content (AvgIpc) is 2.95. The summed E-state index contributed by atoms with van der Waals surface area (Å²) in [6, 6.07) is 2.95. The van der Waals surface area contributed by atoms with Crippen molar-refractivity contribution in [3.8, 4) is 0 Å². The Morgan fingerprint density at radius 3 is 2.43 bits per heavy atom. The minimum Gasteiger partial charge on any atom is -0.310 e. The van der Waals surface area contributed by atoms with Crippen LogP contribution in [0.2, 0.25) is 0 Å². The van der Waals surface area contributed by atoms with Gasteiger partial charge in [-0.1, -0.05) is 13.8 Å². The van der Waals surface area contributed by atoms with Gasteiger partial charge in [0.1, 0.15) is 0 Å². The summed E-state index contributed by atoms with van der Waals surface area (Å²) in [5, 5.41) is 12.7. The molecule has 0 unspecified atom stereocenters. The molecule has 0 spiro atoms. The minimum absolute atomic E-state index is 0.394. The van der Waals surface area contributed by atoms with E-state index in [9.17, 15) is 0 Å². The number of rotatable bonds is 6. The molecular weight excluding hydrogens is 262 g/mol. The lowest BCUT2D eigenvalue weighted by atomic mass is 10.2. The monoisotopic (exact) mass is 289 g/mol. The summed E-state index contributed by atoms with van der Waals surface area (Å²) in [4.78, 5) is 0. The average molecular weight is 289 g/mol. The van der Waals surface area contributed by atoms with Crippen LogP contribution in [0.25, 0.3) is 0 Å². The predicted octanol–water partition coefficient (Wildman–Crippen LogP) is 2.82. The summed E-state index contributed by atoms with van der Waals surface area (Å²) in [6.07, 6.45) is 2.03. The molecule has 0 aliphatic rings. The maximum absolute atomic E-state index is 4.66. The van der Waals surface area contributed by atoms with Crippen molar-refractivity contribution < 1.29 is 0 Å². The first-order valence-electron chi connectivity index (χ1n) is 7.68. The number of nitrogens with zero attached hydrogens (tertiary/aromatic N) is 4. The lowest BCUT2D eigenvalue weighted by molar-refractivity contribution is 0.519. The molecule has 0 radical (unpaired) electrons. The fourth-order valence-electron chi connectivity index (χ4n) is 2.35. The molecule has 2 rings (SSSR count). The summed E-state index contributed by atoms with van der Waals surface area (Å²) >= 11 is 0. The predicted molar refractivity (Wildman–Crippen MR) is 85.4 cm³/mol. The van der Waals surface area contributed by atoms with E-state index < -0.39 is 0 Å². The molecule has 21 heavy (non-hydrogen) atoms. The van der Waals surface area contributed by atoms with Gasteiger partial charge in [0.05, 0.1) is 17.9 Å². The molecule has 116 valence electrons. The normalized spacial score (nSPS) is 11.8. The molecule has 2 heterocycles. The Bertz CT molecular complexity index is 592. The number of hydrogen-bond acceptors (Lipinski definition) is 3. The standard InChI is InChI=1S/C16H27N5/c1-11(2)17-9-16-13(5)18-21(14(16)6)10-15-7-8-20(19-15)12(3)4/h7-8,11-12,17H,9-10H2,1-6H3. The highest BCUT2D eigenvalue weighted by atomic mass is 15.3. The van der Waals surface area contributed by atoms with Crippen molar-refractivity contribution in [3.63, 3.8) is 0 Å². The Morgan fingerprint density at radius 1 is 1.14 bits per heavy atom.